The third-order valence-electron chi connectivity index (χ3n) is 4.17. The molecule has 31 heavy (non-hydrogen) atoms. The van der Waals surface area contributed by atoms with Gasteiger partial charge in [-0.15, -0.1) is 15.6 Å². The van der Waals surface area contributed by atoms with Gasteiger partial charge in [-0.3, -0.25) is 0 Å². The Labute approximate surface area is 183 Å². The first-order chi connectivity index (χ1) is 14.6. The first kappa shape index (κ1) is 22.8. The number of aromatic nitrogens is 1. The molecule has 0 aliphatic carbocycles. The first-order valence-electron chi connectivity index (χ1n) is 8.40. The molecule has 3 rings (SSSR count). The van der Waals surface area contributed by atoms with Crippen LogP contribution in [0, 0.1) is 17.5 Å². The predicted octanol–water partition coefficient (Wildman–Crippen LogP) is 5.26. The highest BCUT2D eigenvalue weighted by molar-refractivity contribution is 7.93. The number of rotatable bonds is 6. The van der Waals surface area contributed by atoms with Gasteiger partial charge in [-0.05, 0) is 31.2 Å². The van der Waals surface area contributed by atoms with Crippen LogP contribution in [0.3, 0.4) is 0 Å². The fourth-order valence-corrected chi connectivity index (χ4v) is 4.98. The molecule has 1 atom stereocenters. The molecule has 0 aliphatic rings. The van der Waals surface area contributed by atoms with E-state index in [1.54, 1.807) is 0 Å². The van der Waals surface area contributed by atoms with Gasteiger partial charge in [-0.2, -0.15) is 0 Å². The van der Waals surface area contributed by atoms with Crippen molar-refractivity contribution in [1.82, 2.24) is 4.98 Å². The van der Waals surface area contributed by atoms with Gasteiger partial charge in [0.2, 0.25) is 0 Å². The van der Waals surface area contributed by atoms with Crippen molar-refractivity contribution >= 4 is 50.6 Å². The van der Waals surface area contributed by atoms with E-state index in [-0.39, 0.29) is 15.6 Å². The van der Waals surface area contributed by atoms with Crippen LogP contribution in [-0.4, -0.2) is 24.6 Å². The monoisotopic (exact) mass is 491 g/mol. The Bertz CT molecular complexity index is 1220. The van der Waals surface area contributed by atoms with Gasteiger partial charge in [0.15, 0.2) is 11.6 Å². The molecule has 0 aliphatic heterocycles. The number of hydrogen-bond donors (Lipinski definition) is 2. The standard InChI is InChI=1S/C18H13ClF3N3O4S2/c1-9(15-10(20)3-2-4-11(15)21)24-12-5-6-13(17(22)16(12)19)31(28,29)25(18(26)27)14-7-30-8-23-14/h2-9,24H,1H3,(H,26,27)/t9-/m0/s1. The largest absolute Gasteiger partial charge is 0.464 e. The molecule has 0 bridgehead atoms. The Balaban J connectivity index is 1.99. The number of carboxylic acid groups (broad SMARTS) is 1. The van der Waals surface area contributed by atoms with Crippen LogP contribution in [0.15, 0.2) is 46.1 Å². The van der Waals surface area contributed by atoms with E-state index >= 15 is 0 Å². The lowest BCUT2D eigenvalue weighted by Crippen LogP contribution is -2.36. The second kappa shape index (κ2) is 8.73. The second-order valence-electron chi connectivity index (χ2n) is 6.14. The normalized spacial score (nSPS) is 12.4. The number of anilines is 2. The molecule has 7 nitrogen and oxygen atoms in total. The number of amides is 1. The maximum absolute atomic E-state index is 14.9. The van der Waals surface area contributed by atoms with E-state index in [1.807, 2.05) is 0 Å². The van der Waals surface area contributed by atoms with E-state index in [1.165, 1.54) is 18.5 Å². The average Bonchev–Trinajstić information content (AvgIpc) is 3.18. The molecule has 164 valence electrons. The fraction of sp³-hybridized carbons (Fsp3) is 0.111. The Kier molecular flexibility index (Phi) is 6.43. The molecule has 0 spiro atoms. The van der Waals surface area contributed by atoms with Gasteiger partial charge < -0.3 is 10.4 Å². The van der Waals surface area contributed by atoms with Crippen LogP contribution in [0.25, 0.3) is 0 Å². The lowest BCUT2D eigenvalue weighted by Gasteiger charge is -2.20. The summed E-state index contributed by atoms with van der Waals surface area (Å²) in [6.45, 7) is 1.40. The summed E-state index contributed by atoms with van der Waals surface area (Å²) in [5.41, 5.74) is 0.737. The zero-order valence-electron chi connectivity index (χ0n) is 15.5. The summed E-state index contributed by atoms with van der Waals surface area (Å²) in [7, 11) is -4.92. The molecule has 1 aromatic heterocycles. The number of halogens is 4. The van der Waals surface area contributed by atoms with Crippen molar-refractivity contribution in [3.05, 3.63) is 69.3 Å². The first-order valence-corrected chi connectivity index (χ1v) is 11.2. The van der Waals surface area contributed by atoms with Gasteiger partial charge in [0, 0.05) is 10.9 Å². The highest BCUT2D eigenvalue weighted by atomic mass is 35.5. The van der Waals surface area contributed by atoms with Crippen LogP contribution in [-0.2, 0) is 10.0 Å². The quantitative estimate of drug-likeness (QED) is 0.488. The van der Waals surface area contributed by atoms with E-state index in [0.717, 1.165) is 41.0 Å². The van der Waals surface area contributed by atoms with Gasteiger partial charge in [-0.1, -0.05) is 17.7 Å². The third kappa shape index (κ3) is 4.31. The molecule has 2 N–H and O–H groups in total. The lowest BCUT2D eigenvalue weighted by atomic mass is 10.1. The Hall–Kier alpha value is -2.83. The number of thiazole rings is 1. The maximum atomic E-state index is 14.9. The molecule has 13 heteroatoms. The summed E-state index contributed by atoms with van der Waals surface area (Å²) < 4.78 is 68.3. The molecule has 3 aromatic rings. The van der Waals surface area contributed by atoms with Crippen LogP contribution in [0.2, 0.25) is 5.02 Å². The van der Waals surface area contributed by atoms with E-state index in [4.69, 9.17) is 11.6 Å². The number of carbonyl (C=O) groups is 1. The van der Waals surface area contributed by atoms with Crippen molar-refractivity contribution in [2.45, 2.75) is 17.9 Å². The van der Waals surface area contributed by atoms with Gasteiger partial charge >= 0.3 is 6.09 Å². The van der Waals surface area contributed by atoms with Gasteiger partial charge in [-0.25, -0.2) is 31.4 Å². The van der Waals surface area contributed by atoms with Gasteiger partial charge in [0.1, 0.15) is 21.6 Å². The number of sulfonamides is 1. The van der Waals surface area contributed by atoms with E-state index in [9.17, 15) is 31.5 Å². The zero-order chi connectivity index (χ0) is 22.9. The summed E-state index contributed by atoms with van der Waals surface area (Å²) in [4.78, 5) is 14.1. The second-order valence-corrected chi connectivity index (χ2v) is 8.99. The third-order valence-corrected chi connectivity index (χ3v) is 6.81. The fourth-order valence-electron chi connectivity index (χ4n) is 2.80. The van der Waals surface area contributed by atoms with Crippen LogP contribution >= 0.6 is 22.9 Å². The maximum Gasteiger partial charge on any atom is 0.427 e. The van der Waals surface area contributed by atoms with Crippen LogP contribution in [0.4, 0.5) is 29.5 Å². The minimum Gasteiger partial charge on any atom is -0.464 e. The molecule has 1 amide bonds. The Morgan fingerprint density at radius 1 is 1.23 bits per heavy atom. The molecular weight excluding hydrogens is 479 g/mol. The predicted molar refractivity (Wildman–Crippen MR) is 110 cm³/mol. The van der Waals surface area contributed by atoms with E-state index in [0.29, 0.717) is 0 Å². The van der Waals surface area contributed by atoms with Crippen LogP contribution in [0.5, 0.6) is 0 Å². The number of benzene rings is 2. The Morgan fingerprint density at radius 3 is 2.42 bits per heavy atom. The minimum absolute atomic E-state index is 0.0807. The summed E-state index contributed by atoms with van der Waals surface area (Å²) in [5.74, 6) is -3.54. The number of nitrogens with one attached hydrogen (secondary N) is 1. The summed E-state index contributed by atoms with van der Waals surface area (Å²) >= 11 is 6.90. The van der Waals surface area contributed by atoms with Gasteiger partial charge in [0.25, 0.3) is 10.0 Å². The molecule has 0 unspecified atom stereocenters. The van der Waals surface area contributed by atoms with Crippen molar-refractivity contribution in [2.75, 3.05) is 9.62 Å². The molecule has 0 saturated heterocycles. The van der Waals surface area contributed by atoms with Crippen molar-refractivity contribution < 1.29 is 31.5 Å². The van der Waals surface area contributed by atoms with Gasteiger partial charge in [0.05, 0.1) is 17.2 Å². The van der Waals surface area contributed by atoms with Crippen LogP contribution < -0.4 is 9.62 Å². The zero-order valence-corrected chi connectivity index (χ0v) is 17.9. The van der Waals surface area contributed by atoms with Crippen LogP contribution in [0.1, 0.15) is 18.5 Å². The molecular formula is C18H13ClF3N3O4S2. The van der Waals surface area contributed by atoms with E-state index < -0.39 is 55.3 Å². The summed E-state index contributed by atoms with van der Waals surface area (Å²) in [6.07, 6.45) is -1.90. The molecule has 0 radical (unpaired) electrons. The SMILES string of the molecule is C[C@H](Nc1ccc(S(=O)(=O)N(C(=O)O)c2cscn2)c(F)c1Cl)c1c(F)cccc1F. The molecule has 2 aromatic carbocycles. The van der Waals surface area contributed by atoms with E-state index in [2.05, 4.69) is 10.3 Å². The Morgan fingerprint density at radius 2 is 1.87 bits per heavy atom. The highest BCUT2D eigenvalue weighted by Crippen LogP contribution is 2.35. The molecule has 1 heterocycles. The van der Waals surface area contributed by atoms with Crippen molar-refractivity contribution in [1.29, 1.82) is 0 Å². The molecule has 0 saturated carbocycles. The number of hydrogen-bond acceptors (Lipinski definition) is 6. The number of nitrogens with zero attached hydrogens (tertiary/aromatic N) is 2. The van der Waals surface area contributed by atoms with Crippen molar-refractivity contribution in [3.63, 3.8) is 0 Å². The van der Waals surface area contributed by atoms with Crippen molar-refractivity contribution in [3.8, 4) is 0 Å². The smallest absolute Gasteiger partial charge is 0.427 e. The lowest BCUT2D eigenvalue weighted by molar-refractivity contribution is 0.206. The summed E-state index contributed by atoms with van der Waals surface area (Å²) in [5, 5.41) is 12.4. The van der Waals surface area contributed by atoms with Crippen molar-refractivity contribution in [2.24, 2.45) is 0 Å². The minimum atomic E-state index is -4.92. The topological polar surface area (TPSA) is 99.6 Å². The highest BCUT2D eigenvalue weighted by Gasteiger charge is 2.35. The summed E-state index contributed by atoms with van der Waals surface area (Å²) in [6, 6.07) is 4.15. The average molecular weight is 492 g/mol. The molecule has 0 fully saturated rings.